The number of carbonyl (C=O) groups is 1. The number of nitrogens with one attached hydrogen (secondary N) is 2. The van der Waals surface area contributed by atoms with Gasteiger partial charge >= 0.3 is 5.97 Å². The van der Waals surface area contributed by atoms with Crippen LogP contribution in [0.15, 0.2) is 42.7 Å². The number of nitrogens with zero attached hydrogens (tertiary/aromatic N) is 2. The highest BCUT2D eigenvalue weighted by Gasteiger charge is 2.51. The number of anilines is 1. The summed E-state index contributed by atoms with van der Waals surface area (Å²) < 4.78 is 11.7. The number of amidine groups is 1. The van der Waals surface area contributed by atoms with Crippen molar-refractivity contribution in [1.29, 1.82) is 5.41 Å². The molecule has 0 amide bonds. The Labute approximate surface area is 187 Å². The number of pyridine rings is 1. The minimum Gasteiger partial charge on any atom is -0.481 e. The fraction of sp³-hybridized carbons (Fsp3) is 0.435. The molecular formula is C23H29N5O4. The van der Waals surface area contributed by atoms with E-state index in [1.165, 1.54) is 0 Å². The molecule has 1 saturated heterocycles. The maximum absolute atomic E-state index is 12.5. The summed E-state index contributed by atoms with van der Waals surface area (Å²) >= 11 is 0. The zero-order valence-electron chi connectivity index (χ0n) is 18.1. The van der Waals surface area contributed by atoms with Gasteiger partial charge in [-0.25, -0.2) is 0 Å². The number of methoxy groups -OCH3 is 1. The quantitative estimate of drug-likeness (QED) is 0.380. The summed E-state index contributed by atoms with van der Waals surface area (Å²) in [6.07, 6.45) is 2.95. The first-order valence-electron chi connectivity index (χ1n) is 10.7. The molecule has 1 aromatic heterocycles. The van der Waals surface area contributed by atoms with Crippen LogP contribution in [-0.2, 0) is 16.1 Å². The topological polar surface area (TPSA) is 134 Å². The van der Waals surface area contributed by atoms with Crippen LogP contribution < -0.4 is 20.7 Å². The molecule has 3 heterocycles. The Morgan fingerprint density at radius 2 is 2.03 bits per heavy atom. The number of aromatic nitrogens is 1. The molecule has 0 spiro atoms. The van der Waals surface area contributed by atoms with Crippen LogP contribution in [0.5, 0.6) is 5.75 Å². The van der Waals surface area contributed by atoms with Gasteiger partial charge in [0.1, 0.15) is 17.0 Å². The molecule has 1 aromatic carbocycles. The van der Waals surface area contributed by atoms with Crippen molar-refractivity contribution >= 4 is 17.5 Å². The molecule has 0 bridgehead atoms. The highest BCUT2D eigenvalue weighted by Crippen LogP contribution is 2.39. The molecule has 0 aliphatic carbocycles. The van der Waals surface area contributed by atoms with Gasteiger partial charge in [0.05, 0.1) is 6.10 Å². The molecule has 4 rings (SSSR count). The van der Waals surface area contributed by atoms with E-state index >= 15 is 0 Å². The van der Waals surface area contributed by atoms with Crippen molar-refractivity contribution in [3.63, 3.8) is 0 Å². The van der Waals surface area contributed by atoms with Gasteiger partial charge in [0, 0.05) is 51.4 Å². The van der Waals surface area contributed by atoms with E-state index in [0.29, 0.717) is 38.2 Å². The number of carboxylic acids is 1. The van der Waals surface area contributed by atoms with Gasteiger partial charge < -0.3 is 30.5 Å². The average molecular weight is 440 g/mol. The van der Waals surface area contributed by atoms with Gasteiger partial charge in [-0.3, -0.25) is 15.2 Å². The number of benzene rings is 1. The Morgan fingerprint density at radius 3 is 2.66 bits per heavy atom. The van der Waals surface area contributed by atoms with Crippen LogP contribution in [-0.4, -0.2) is 54.7 Å². The number of hydrogen-bond acceptors (Lipinski definition) is 7. The highest BCUT2D eigenvalue weighted by molar-refractivity contribution is 5.90. The summed E-state index contributed by atoms with van der Waals surface area (Å²) in [6, 6.07) is 9.43. The van der Waals surface area contributed by atoms with E-state index in [4.69, 9.17) is 20.6 Å². The van der Waals surface area contributed by atoms with E-state index in [0.717, 1.165) is 23.4 Å². The van der Waals surface area contributed by atoms with E-state index in [9.17, 15) is 9.90 Å². The predicted octanol–water partition coefficient (Wildman–Crippen LogP) is 1.93. The minimum atomic E-state index is -1.28. The summed E-state index contributed by atoms with van der Waals surface area (Å²) in [6.45, 7) is 2.44. The average Bonchev–Trinajstić information content (AvgIpc) is 2.82. The van der Waals surface area contributed by atoms with Crippen LogP contribution in [0, 0.1) is 10.8 Å². The van der Waals surface area contributed by atoms with E-state index in [1.807, 2.05) is 24.3 Å². The monoisotopic (exact) mass is 439 g/mol. The number of nitrogens with two attached hydrogens (primary N) is 1. The van der Waals surface area contributed by atoms with Crippen molar-refractivity contribution < 1.29 is 19.4 Å². The third-order valence-electron chi connectivity index (χ3n) is 6.54. The Bertz CT molecular complexity index is 976. The highest BCUT2D eigenvalue weighted by atomic mass is 16.5. The van der Waals surface area contributed by atoms with E-state index in [1.54, 1.807) is 25.6 Å². The molecular weight excluding hydrogens is 410 g/mol. The van der Waals surface area contributed by atoms with Gasteiger partial charge in [-0.1, -0.05) is 6.07 Å². The number of hydrogen-bond donors (Lipinski definition) is 4. The molecule has 2 unspecified atom stereocenters. The van der Waals surface area contributed by atoms with Crippen molar-refractivity contribution in [2.75, 3.05) is 31.6 Å². The van der Waals surface area contributed by atoms with Gasteiger partial charge in [0.15, 0.2) is 6.10 Å². The lowest BCUT2D eigenvalue weighted by Crippen LogP contribution is -2.57. The van der Waals surface area contributed by atoms with Crippen molar-refractivity contribution in [3.05, 3.63) is 53.9 Å². The van der Waals surface area contributed by atoms with Gasteiger partial charge in [-0.05, 0) is 48.2 Å². The number of fused-ring (bicyclic) bond motifs is 1. The van der Waals surface area contributed by atoms with Crippen LogP contribution in [0.3, 0.4) is 0 Å². The zero-order valence-corrected chi connectivity index (χ0v) is 18.1. The number of aliphatic carboxylic acids is 1. The minimum absolute atomic E-state index is 0.0423. The lowest BCUT2D eigenvalue weighted by Gasteiger charge is -2.43. The molecule has 1 fully saturated rings. The molecule has 32 heavy (non-hydrogen) atoms. The molecule has 5 N–H and O–H groups in total. The second-order valence-electron chi connectivity index (χ2n) is 8.32. The van der Waals surface area contributed by atoms with Crippen LogP contribution in [0.2, 0.25) is 0 Å². The summed E-state index contributed by atoms with van der Waals surface area (Å²) in [5.74, 6) is -0.777. The van der Waals surface area contributed by atoms with Crippen LogP contribution in [0.25, 0.3) is 0 Å². The van der Waals surface area contributed by atoms with Gasteiger partial charge in [0.25, 0.3) is 0 Å². The fourth-order valence-corrected chi connectivity index (χ4v) is 4.70. The first kappa shape index (κ1) is 22.0. The second kappa shape index (κ2) is 9.13. The van der Waals surface area contributed by atoms with E-state index in [-0.39, 0.29) is 11.9 Å². The molecule has 9 heteroatoms. The molecule has 2 aliphatic rings. The van der Waals surface area contributed by atoms with Crippen LogP contribution in [0.1, 0.15) is 30.1 Å². The molecule has 2 aromatic rings. The molecule has 2 aliphatic heterocycles. The van der Waals surface area contributed by atoms with E-state index < -0.39 is 17.5 Å². The van der Waals surface area contributed by atoms with Crippen molar-refractivity contribution in [3.8, 4) is 5.75 Å². The first-order valence-corrected chi connectivity index (χ1v) is 10.7. The van der Waals surface area contributed by atoms with Crippen LogP contribution >= 0.6 is 0 Å². The number of rotatable bonds is 7. The third kappa shape index (κ3) is 4.13. The van der Waals surface area contributed by atoms with Gasteiger partial charge in [0.2, 0.25) is 0 Å². The summed E-state index contributed by atoms with van der Waals surface area (Å²) in [5, 5.41) is 21.7. The Morgan fingerprint density at radius 1 is 1.31 bits per heavy atom. The van der Waals surface area contributed by atoms with Crippen LogP contribution in [0.4, 0.5) is 5.69 Å². The molecule has 0 saturated carbocycles. The summed E-state index contributed by atoms with van der Waals surface area (Å²) in [5.41, 5.74) is 7.73. The van der Waals surface area contributed by atoms with Crippen molar-refractivity contribution in [2.24, 2.45) is 11.1 Å². The predicted molar refractivity (Wildman–Crippen MR) is 120 cm³/mol. The fourth-order valence-electron chi connectivity index (χ4n) is 4.70. The normalized spacial score (nSPS) is 20.8. The second-order valence-corrected chi connectivity index (χ2v) is 8.32. The lowest BCUT2D eigenvalue weighted by molar-refractivity contribution is -0.154. The molecule has 2 atom stereocenters. The van der Waals surface area contributed by atoms with Crippen molar-refractivity contribution in [2.45, 2.75) is 31.6 Å². The molecule has 9 nitrogen and oxygen atoms in total. The molecule has 0 radical (unpaired) electrons. The molecule has 170 valence electrons. The van der Waals surface area contributed by atoms with Gasteiger partial charge in [-0.2, -0.15) is 0 Å². The maximum atomic E-state index is 12.5. The third-order valence-corrected chi connectivity index (χ3v) is 6.54. The Hall–Kier alpha value is -3.17. The Balaban J connectivity index is 1.57. The standard InChI is InChI=1S/C23H29N5O4/c1-31-19-14-27-13-15-12-17(2-3-18(15)19)32-20(21(24)25)23(22(29)30)6-10-28(11-7-23)16-4-8-26-9-5-16/h2-5,8-9,12,19-20,27H,6-7,10-11,13-14H2,1H3,(H3,24,25)(H,29,30). The number of piperidine rings is 1. The number of carboxylic acid groups (broad SMARTS) is 1. The zero-order chi connectivity index (χ0) is 22.7. The number of ether oxygens (including phenoxy) is 2. The Kier molecular flexibility index (Phi) is 6.29. The smallest absolute Gasteiger partial charge is 0.314 e. The maximum Gasteiger partial charge on any atom is 0.314 e. The van der Waals surface area contributed by atoms with E-state index in [2.05, 4.69) is 15.2 Å². The van der Waals surface area contributed by atoms with Crippen molar-refractivity contribution in [1.82, 2.24) is 10.3 Å². The summed E-state index contributed by atoms with van der Waals surface area (Å²) in [7, 11) is 1.67. The first-order chi connectivity index (χ1) is 15.4. The SMILES string of the molecule is COC1CNCc2cc(OC(C(=N)N)C3(C(=O)O)CCN(c4ccncc4)CC3)ccc21. The summed E-state index contributed by atoms with van der Waals surface area (Å²) in [4.78, 5) is 18.6. The largest absolute Gasteiger partial charge is 0.481 e. The lowest BCUT2D eigenvalue weighted by atomic mass is 9.73. The van der Waals surface area contributed by atoms with Gasteiger partial charge in [-0.15, -0.1) is 0 Å².